The average Bonchev–Trinajstić information content (AvgIpc) is 1.88. The molecule has 1 aliphatic heterocycles. The van der Waals surface area contributed by atoms with E-state index in [1.165, 1.54) is 0 Å². The number of rotatable bonds is 1. The Morgan fingerprint density at radius 2 is 2.30 bits per heavy atom. The van der Waals surface area contributed by atoms with E-state index in [4.69, 9.17) is 15.6 Å². The first-order valence-corrected chi connectivity index (χ1v) is 3.34. The number of hydrogen-bond acceptors (Lipinski definition) is 3. The van der Waals surface area contributed by atoms with Crippen molar-refractivity contribution in [3.05, 3.63) is 0 Å². The first kappa shape index (κ1) is 7.50. The van der Waals surface area contributed by atoms with Gasteiger partial charge in [0.25, 0.3) is 0 Å². The molecular formula is C6H11NO3. The highest BCUT2D eigenvalue weighted by Crippen LogP contribution is 2.15. The number of hydrogen-bond donors (Lipinski definition) is 2. The molecule has 3 N–H and O–H groups in total. The molecule has 0 spiro atoms. The second-order valence-corrected chi connectivity index (χ2v) is 2.43. The van der Waals surface area contributed by atoms with Crippen molar-refractivity contribution in [2.24, 2.45) is 5.73 Å². The largest absolute Gasteiger partial charge is 0.479 e. The third-order valence-electron chi connectivity index (χ3n) is 1.57. The van der Waals surface area contributed by atoms with Gasteiger partial charge in [0.05, 0.1) is 0 Å². The lowest BCUT2D eigenvalue weighted by Gasteiger charge is -2.24. The van der Waals surface area contributed by atoms with Crippen LogP contribution in [0.5, 0.6) is 0 Å². The van der Waals surface area contributed by atoms with Gasteiger partial charge in [-0.1, -0.05) is 0 Å². The summed E-state index contributed by atoms with van der Waals surface area (Å²) in [5.74, 6) is -0.907. The van der Waals surface area contributed by atoms with Gasteiger partial charge in [-0.3, -0.25) is 0 Å². The van der Waals surface area contributed by atoms with Crippen LogP contribution in [0, 0.1) is 0 Å². The Morgan fingerprint density at radius 3 is 2.70 bits per heavy atom. The highest BCUT2D eigenvalue weighted by molar-refractivity contribution is 5.72. The second-order valence-electron chi connectivity index (χ2n) is 2.43. The Labute approximate surface area is 59.0 Å². The highest BCUT2D eigenvalue weighted by Gasteiger charge is 2.24. The highest BCUT2D eigenvalue weighted by atomic mass is 16.5. The Balaban J connectivity index is 2.39. The third kappa shape index (κ3) is 1.68. The van der Waals surface area contributed by atoms with E-state index >= 15 is 0 Å². The number of carboxylic acid groups (broad SMARTS) is 1. The fourth-order valence-corrected chi connectivity index (χ4v) is 1.03. The zero-order chi connectivity index (χ0) is 7.56. The molecule has 1 aliphatic rings. The number of nitrogens with two attached hydrogens (primary N) is 1. The van der Waals surface area contributed by atoms with Crippen molar-refractivity contribution in [3.63, 3.8) is 0 Å². The number of ether oxygens (including phenoxy) is 1. The maximum Gasteiger partial charge on any atom is 0.332 e. The average molecular weight is 145 g/mol. The molecule has 1 rings (SSSR count). The van der Waals surface area contributed by atoms with Crippen LogP contribution < -0.4 is 5.73 Å². The topological polar surface area (TPSA) is 72.6 Å². The molecule has 2 atom stereocenters. The molecule has 1 fully saturated rings. The predicted molar refractivity (Wildman–Crippen MR) is 34.3 cm³/mol. The van der Waals surface area contributed by atoms with Crippen molar-refractivity contribution in [2.45, 2.75) is 31.6 Å². The van der Waals surface area contributed by atoms with Gasteiger partial charge in [0.15, 0.2) is 6.10 Å². The van der Waals surface area contributed by atoms with Gasteiger partial charge >= 0.3 is 5.97 Å². The molecule has 4 nitrogen and oxygen atoms in total. The van der Waals surface area contributed by atoms with E-state index in [0.29, 0.717) is 6.42 Å². The molecule has 0 aliphatic carbocycles. The molecule has 4 heteroatoms. The lowest BCUT2D eigenvalue weighted by Crippen LogP contribution is -2.38. The summed E-state index contributed by atoms with van der Waals surface area (Å²) < 4.78 is 4.93. The minimum Gasteiger partial charge on any atom is -0.479 e. The molecule has 58 valence electrons. The summed E-state index contributed by atoms with van der Waals surface area (Å²) in [5.41, 5.74) is 5.38. The first-order chi connectivity index (χ1) is 4.70. The van der Waals surface area contributed by atoms with Gasteiger partial charge in [-0.25, -0.2) is 4.79 Å². The van der Waals surface area contributed by atoms with Crippen molar-refractivity contribution in [2.75, 3.05) is 0 Å². The maximum absolute atomic E-state index is 10.3. The van der Waals surface area contributed by atoms with Gasteiger partial charge in [-0.05, 0) is 19.3 Å². The van der Waals surface area contributed by atoms with E-state index in [1.807, 2.05) is 0 Å². The minimum atomic E-state index is -0.907. The zero-order valence-corrected chi connectivity index (χ0v) is 5.62. The minimum absolute atomic E-state index is 0.380. The SMILES string of the molecule is NC1CCCC(C(=O)O)O1. The van der Waals surface area contributed by atoms with Crippen molar-refractivity contribution in [3.8, 4) is 0 Å². The molecule has 1 heterocycles. The molecule has 0 aromatic rings. The van der Waals surface area contributed by atoms with Crippen LogP contribution in [0.25, 0.3) is 0 Å². The fourth-order valence-electron chi connectivity index (χ4n) is 1.03. The quantitative estimate of drug-likeness (QED) is 0.541. The van der Waals surface area contributed by atoms with Crippen LogP contribution in [-0.2, 0) is 9.53 Å². The zero-order valence-electron chi connectivity index (χ0n) is 5.62. The van der Waals surface area contributed by atoms with Crippen LogP contribution in [0.1, 0.15) is 19.3 Å². The van der Waals surface area contributed by atoms with Crippen LogP contribution in [0.15, 0.2) is 0 Å². The second kappa shape index (κ2) is 2.98. The van der Waals surface area contributed by atoms with E-state index in [9.17, 15) is 4.79 Å². The Bertz CT molecular complexity index is 137. The van der Waals surface area contributed by atoms with Crippen LogP contribution in [-0.4, -0.2) is 23.4 Å². The number of aliphatic carboxylic acids is 1. The summed E-state index contributed by atoms with van der Waals surface area (Å²) >= 11 is 0. The van der Waals surface area contributed by atoms with E-state index in [0.717, 1.165) is 12.8 Å². The van der Waals surface area contributed by atoms with Crippen molar-refractivity contribution in [1.82, 2.24) is 0 Å². The summed E-state index contributed by atoms with van der Waals surface area (Å²) in [6.07, 6.45) is 1.14. The Hall–Kier alpha value is -0.610. The van der Waals surface area contributed by atoms with Crippen LogP contribution in [0.3, 0.4) is 0 Å². The molecular weight excluding hydrogens is 134 g/mol. The molecule has 0 radical (unpaired) electrons. The molecule has 0 amide bonds. The molecule has 0 saturated carbocycles. The summed E-state index contributed by atoms with van der Waals surface area (Å²) in [5, 5.41) is 8.48. The summed E-state index contributed by atoms with van der Waals surface area (Å²) in [6.45, 7) is 0. The predicted octanol–water partition coefficient (Wildman–Crippen LogP) is -0.0751. The van der Waals surface area contributed by atoms with E-state index in [-0.39, 0.29) is 6.23 Å². The van der Waals surface area contributed by atoms with Crippen LogP contribution in [0.4, 0.5) is 0 Å². The molecule has 10 heavy (non-hydrogen) atoms. The Kier molecular flexibility index (Phi) is 2.24. The van der Waals surface area contributed by atoms with Gasteiger partial charge in [0.1, 0.15) is 6.23 Å². The van der Waals surface area contributed by atoms with Crippen molar-refractivity contribution >= 4 is 5.97 Å². The third-order valence-corrected chi connectivity index (χ3v) is 1.57. The standard InChI is InChI=1S/C6H11NO3/c7-5-3-1-2-4(10-5)6(8)9/h4-5H,1-3,7H2,(H,8,9). The van der Waals surface area contributed by atoms with Crippen molar-refractivity contribution in [1.29, 1.82) is 0 Å². The normalized spacial score (nSPS) is 33.7. The molecule has 2 unspecified atom stereocenters. The van der Waals surface area contributed by atoms with Gasteiger partial charge < -0.3 is 15.6 Å². The van der Waals surface area contributed by atoms with Gasteiger partial charge in [0, 0.05) is 0 Å². The van der Waals surface area contributed by atoms with Crippen LogP contribution in [0.2, 0.25) is 0 Å². The summed E-state index contributed by atoms with van der Waals surface area (Å²) in [4.78, 5) is 10.3. The number of carboxylic acids is 1. The number of carbonyl (C=O) groups is 1. The lowest BCUT2D eigenvalue weighted by molar-refractivity contribution is -0.158. The summed E-state index contributed by atoms with van der Waals surface area (Å²) in [7, 11) is 0. The van der Waals surface area contributed by atoms with Crippen LogP contribution >= 0.6 is 0 Å². The monoisotopic (exact) mass is 145 g/mol. The molecule has 0 aromatic heterocycles. The maximum atomic E-state index is 10.3. The first-order valence-electron chi connectivity index (χ1n) is 3.34. The summed E-state index contributed by atoms with van der Waals surface area (Å²) in [6, 6.07) is 0. The Morgan fingerprint density at radius 1 is 1.60 bits per heavy atom. The van der Waals surface area contributed by atoms with E-state index in [1.54, 1.807) is 0 Å². The van der Waals surface area contributed by atoms with E-state index in [2.05, 4.69) is 0 Å². The van der Waals surface area contributed by atoms with Gasteiger partial charge in [0.2, 0.25) is 0 Å². The molecule has 0 bridgehead atoms. The van der Waals surface area contributed by atoms with Gasteiger partial charge in [-0.15, -0.1) is 0 Å². The van der Waals surface area contributed by atoms with Gasteiger partial charge in [-0.2, -0.15) is 0 Å². The molecule has 1 saturated heterocycles. The molecule has 0 aromatic carbocycles. The fraction of sp³-hybridized carbons (Fsp3) is 0.833. The van der Waals surface area contributed by atoms with Crippen molar-refractivity contribution < 1.29 is 14.6 Å². The van der Waals surface area contributed by atoms with E-state index < -0.39 is 12.1 Å². The smallest absolute Gasteiger partial charge is 0.332 e. The lowest BCUT2D eigenvalue weighted by atomic mass is 10.1.